The van der Waals surface area contributed by atoms with Crippen LogP contribution in [0.2, 0.25) is 0 Å². The van der Waals surface area contributed by atoms with Crippen molar-refractivity contribution in [3.8, 4) is 0 Å². The van der Waals surface area contributed by atoms with Crippen LogP contribution >= 0.6 is 11.3 Å². The summed E-state index contributed by atoms with van der Waals surface area (Å²) in [6.07, 6.45) is 1.49. The summed E-state index contributed by atoms with van der Waals surface area (Å²) in [4.78, 5) is 32.1. The van der Waals surface area contributed by atoms with E-state index in [-0.39, 0.29) is 17.6 Å². The van der Waals surface area contributed by atoms with Gasteiger partial charge in [-0.25, -0.2) is 0 Å². The third kappa shape index (κ3) is 6.27. The van der Waals surface area contributed by atoms with E-state index in [2.05, 4.69) is 49.1 Å². The van der Waals surface area contributed by atoms with Crippen LogP contribution in [0.3, 0.4) is 0 Å². The van der Waals surface area contributed by atoms with E-state index < -0.39 is 5.54 Å². The van der Waals surface area contributed by atoms with Gasteiger partial charge in [-0.15, -0.1) is 11.3 Å². The van der Waals surface area contributed by atoms with Crippen LogP contribution in [0.5, 0.6) is 0 Å². The highest BCUT2D eigenvalue weighted by Gasteiger charge is 2.25. The molecule has 0 spiro atoms. The molecule has 4 heterocycles. The van der Waals surface area contributed by atoms with Gasteiger partial charge < -0.3 is 30.2 Å². The lowest BCUT2D eigenvalue weighted by atomic mass is 9.94. The number of nitrogens with zero attached hydrogens (tertiary/aromatic N) is 3. The van der Waals surface area contributed by atoms with E-state index in [1.807, 2.05) is 62.4 Å². The highest BCUT2D eigenvalue weighted by atomic mass is 32.1. The Kier molecular flexibility index (Phi) is 7.92. The monoisotopic (exact) mass is 597 g/mol. The number of piperazine rings is 1. The minimum Gasteiger partial charge on any atom is -0.459 e. The van der Waals surface area contributed by atoms with Crippen LogP contribution in [-0.2, 0) is 12.1 Å². The van der Waals surface area contributed by atoms with Gasteiger partial charge in [0.2, 0.25) is 0 Å². The Morgan fingerprint density at radius 1 is 1.00 bits per heavy atom. The number of hydrogen-bond donors (Lipinski definition) is 4. The van der Waals surface area contributed by atoms with Gasteiger partial charge in [-0.3, -0.25) is 14.7 Å². The first-order valence-electron chi connectivity index (χ1n) is 14.3. The van der Waals surface area contributed by atoms with Crippen molar-refractivity contribution in [2.24, 2.45) is 0 Å². The molecule has 1 saturated heterocycles. The van der Waals surface area contributed by atoms with Gasteiger partial charge in [0.05, 0.1) is 22.1 Å². The standard InChI is InChI=1S/C32H35N7O3S/c1-32(2,22-8-5-4-6-9-22)35-30(41)27-19-24-28(36-37-31(24)43-27)33-20-21-11-12-23(39-15-13-38(3)14-16-39)18-25(21)34-29(40)26-10-7-17-42-26/h4-12,17-19H,13-16,20H2,1-3H3,(H,34,40)(H,35,41)(H2,33,36,37). The van der Waals surface area contributed by atoms with Crippen molar-refractivity contribution >= 4 is 50.6 Å². The van der Waals surface area contributed by atoms with Crippen molar-refractivity contribution in [1.82, 2.24) is 20.4 Å². The van der Waals surface area contributed by atoms with Gasteiger partial charge >= 0.3 is 0 Å². The number of carbonyl (C=O) groups is 2. The van der Waals surface area contributed by atoms with Crippen molar-refractivity contribution in [2.75, 3.05) is 48.8 Å². The Morgan fingerprint density at radius 3 is 2.53 bits per heavy atom. The Morgan fingerprint density at radius 2 is 1.79 bits per heavy atom. The number of hydrogen-bond acceptors (Lipinski definition) is 8. The lowest BCUT2D eigenvalue weighted by molar-refractivity contribution is 0.0915. The second kappa shape index (κ2) is 11.9. The number of rotatable bonds is 9. The Hall–Kier alpha value is -4.61. The second-order valence-corrected chi connectivity index (χ2v) is 12.3. The fourth-order valence-corrected chi connectivity index (χ4v) is 6.09. The third-order valence-corrected chi connectivity index (χ3v) is 8.83. The number of furan rings is 1. The van der Waals surface area contributed by atoms with E-state index in [0.717, 1.165) is 53.2 Å². The molecule has 1 fully saturated rings. The quantitative estimate of drug-likeness (QED) is 0.177. The molecule has 5 aromatic rings. The zero-order valence-corrected chi connectivity index (χ0v) is 25.3. The zero-order chi connectivity index (χ0) is 30.0. The summed E-state index contributed by atoms with van der Waals surface area (Å²) in [6, 6.07) is 21.2. The number of likely N-dealkylation sites (N-methyl/N-ethyl adjacent to an activating group) is 1. The number of thiophene rings is 1. The molecule has 6 rings (SSSR count). The Bertz CT molecular complexity index is 1720. The molecule has 222 valence electrons. The molecule has 2 aromatic carbocycles. The van der Waals surface area contributed by atoms with Crippen molar-refractivity contribution in [1.29, 1.82) is 0 Å². The first-order valence-corrected chi connectivity index (χ1v) is 15.1. The second-order valence-electron chi connectivity index (χ2n) is 11.3. The summed E-state index contributed by atoms with van der Waals surface area (Å²) in [5.74, 6) is 0.501. The highest BCUT2D eigenvalue weighted by molar-refractivity contribution is 7.20. The molecule has 10 nitrogen and oxygen atoms in total. The molecule has 0 atom stereocenters. The van der Waals surface area contributed by atoms with Gasteiger partial charge in [0, 0.05) is 44.1 Å². The van der Waals surface area contributed by atoms with Crippen LogP contribution in [0.25, 0.3) is 10.2 Å². The van der Waals surface area contributed by atoms with E-state index in [1.54, 1.807) is 12.1 Å². The molecule has 1 aliphatic heterocycles. The minimum absolute atomic E-state index is 0.148. The van der Waals surface area contributed by atoms with Gasteiger partial charge in [0.1, 0.15) is 10.6 Å². The van der Waals surface area contributed by atoms with Crippen molar-refractivity contribution in [3.05, 3.63) is 94.8 Å². The molecule has 4 N–H and O–H groups in total. The zero-order valence-electron chi connectivity index (χ0n) is 24.4. The first-order chi connectivity index (χ1) is 20.8. The molecule has 2 amide bonds. The maximum Gasteiger partial charge on any atom is 0.291 e. The van der Waals surface area contributed by atoms with Crippen LogP contribution in [0.15, 0.2) is 77.4 Å². The average Bonchev–Trinajstić information content (AvgIpc) is 3.76. The maximum atomic E-state index is 13.2. The van der Waals surface area contributed by atoms with Gasteiger partial charge in [0.25, 0.3) is 11.8 Å². The lowest BCUT2D eigenvalue weighted by Gasteiger charge is -2.34. The molecule has 0 unspecified atom stereocenters. The largest absolute Gasteiger partial charge is 0.459 e. The molecule has 0 aliphatic carbocycles. The average molecular weight is 598 g/mol. The molecule has 43 heavy (non-hydrogen) atoms. The topological polar surface area (TPSA) is 119 Å². The van der Waals surface area contributed by atoms with Crippen molar-refractivity contribution < 1.29 is 14.0 Å². The van der Waals surface area contributed by atoms with E-state index in [1.165, 1.54) is 17.6 Å². The highest BCUT2D eigenvalue weighted by Crippen LogP contribution is 2.32. The number of amides is 2. The molecule has 11 heteroatoms. The van der Waals surface area contributed by atoms with E-state index >= 15 is 0 Å². The number of aromatic nitrogens is 2. The molecule has 3 aromatic heterocycles. The summed E-state index contributed by atoms with van der Waals surface area (Å²) in [5.41, 5.74) is 3.16. The number of fused-ring (bicyclic) bond motifs is 1. The summed E-state index contributed by atoms with van der Waals surface area (Å²) in [6.45, 7) is 8.21. The Balaban J connectivity index is 1.20. The van der Waals surface area contributed by atoms with Gasteiger partial charge in [-0.05, 0) is 62.4 Å². The number of carbonyl (C=O) groups excluding carboxylic acids is 2. The predicted molar refractivity (Wildman–Crippen MR) is 171 cm³/mol. The maximum absolute atomic E-state index is 13.2. The predicted octanol–water partition coefficient (Wildman–Crippen LogP) is 5.50. The fourth-order valence-electron chi connectivity index (χ4n) is 5.20. The van der Waals surface area contributed by atoms with Crippen LogP contribution < -0.4 is 20.9 Å². The van der Waals surface area contributed by atoms with Crippen molar-refractivity contribution in [3.63, 3.8) is 0 Å². The van der Waals surface area contributed by atoms with E-state index in [9.17, 15) is 9.59 Å². The molecule has 0 saturated carbocycles. The normalized spacial score (nSPS) is 14.2. The number of benzene rings is 2. The van der Waals surface area contributed by atoms with Gasteiger partial charge in [-0.1, -0.05) is 36.4 Å². The van der Waals surface area contributed by atoms with Crippen LogP contribution in [-0.4, -0.2) is 60.1 Å². The summed E-state index contributed by atoms with van der Waals surface area (Å²) < 4.78 is 5.32. The summed E-state index contributed by atoms with van der Waals surface area (Å²) in [7, 11) is 2.13. The number of aromatic amines is 1. The number of nitrogens with one attached hydrogen (secondary N) is 4. The van der Waals surface area contributed by atoms with Crippen LogP contribution in [0, 0.1) is 0 Å². The van der Waals surface area contributed by atoms with E-state index in [4.69, 9.17) is 4.42 Å². The van der Waals surface area contributed by atoms with Crippen LogP contribution in [0.1, 0.15) is 45.2 Å². The van der Waals surface area contributed by atoms with E-state index in [0.29, 0.717) is 22.9 Å². The minimum atomic E-state index is -0.528. The van der Waals surface area contributed by atoms with Crippen LogP contribution in [0.4, 0.5) is 17.2 Å². The summed E-state index contributed by atoms with van der Waals surface area (Å²) in [5, 5.41) is 17.9. The third-order valence-electron chi connectivity index (χ3n) is 7.81. The van der Waals surface area contributed by atoms with Gasteiger partial charge in [0.15, 0.2) is 5.76 Å². The molecule has 1 aliphatic rings. The molecule has 0 radical (unpaired) electrons. The number of anilines is 3. The van der Waals surface area contributed by atoms with Crippen molar-refractivity contribution in [2.45, 2.75) is 25.9 Å². The fraction of sp³-hybridized carbons (Fsp3) is 0.281. The lowest BCUT2D eigenvalue weighted by Crippen LogP contribution is -2.44. The Labute approximate surface area is 254 Å². The smallest absolute Gasteiger partial charge is 0.291 e. The number of H-pyrrole nitrogens is 1. The molecule has 0 bridgehead atoms. The summed E-state index contributed by atoms with van der Waals surface area (Å²) >= 11 is 1.34. The molecular formula is C32H35N7O3S. The SMILES string of the molecule is CN1CCN(c2ccc(CNc3[nH]nc4sc(C(=O)NC(C)(C)c5ccccc5)cc34)c(NC(=O)c3ccco3)c2)CC1. The molecular weight excluding hydrogens is 562 g/mol. The first kappa shape index (κ1) is 28.5. The van der Waals surface area contributed by atoms with Gasteiger partial charge in [-0.2, -0.15) is 5.10 Å².